The highest BCUT2D eigenvalue weighted by Crippen LogP contribution is 2.38. The molecule has 0 saturated heterocycles. The highest BCUT2D eigenvalue weighted by Gasteiger charge is 2.36. The number of nitrogens with zero attached hydrogens (tertiary/aromatic N) is 2. The number of aliphatic hydroxyl groups is 1. The summed E-state index contributed by atoms with van der Waals surface area (Å²) in [6.45, 7) is 0. The number of aromatic nitrogens is 2. The van der Waals surface area contributed by atoms with Gasteiger partial charge in [0.2, 0.25) is 0 Å². The topological polar surface area (TPSA) is 89.5 Å². The number of benzene rings is 1. The predicted octanol–water partition coefficient (Wildman–Crippen LogP) is 3.05. The van der Waals surface area contributed by atoms with Crippen LogP contribution in [-0.2, 0) is 7.05 Å². The molecule has 27 heavy (non-hydrogen) atoms. The molecule has 1 saturated carbocycles. The molecule has 0 radical (unpaired) electrons. The van der Waals surface area contributed by atoms with Gasteiger partial charge in [0.1, 0.15) is 5.75 Å². The zero-order valence-electron chi connectivity index (χ0n) is 14.9. The maximum absolute atomic E-state index is 12.7. The standard InChI is InChI=1S/C20H21N3O4/c1-23-12-14(11-21-23)19(13-9-15(24)10-13)22-20(25)17-7-8-18(27-17)26-16-5-3-2-4-6-16/h2-8,11-13,15,19,24H,9-10H2,1H3,(H,22,25)/t13?,15?,19-/m1/s1. The molecule has 0 aliphatic heterocycles. The fourth-order valence-corrected chi connectivity index (χ4v) is 3.29. The van der Waals surface area contributed by atoms with E-state index in [1.165, 1.54) is 0 Å². The molecule has 0 spiro atoms. The fraction of sp³-hybridized carbons (Fsp3) is 0.300. The molecule has 7 heteroatoms. The number of furan rings is 1. The average molecular weight is 367 g/mol. The summed E-state index contributed by atoms with van der Waals surface area (Å²) in [5.41, 5.74) is 0.912. The minimum atomic E-state index is -0.326. The van der Waals surface area contributed by atoms with Crippen molar-refractivity contribution in [2.45, 2.75) is 25.0 Å². The van der Waals surface area contributed by atoms with Crippen LogP contribution in [-0.4, -0.2) is 26.9 Å². The molecule has 4 rings (SSSR count). The second-order valence-corrected chi connectivity index (χ2v) is 6.82. The lowest BCUT2D eigenvalue weighted by atomic mass is 9.75. The van der Waals surface area contributed by atoms with Crippen LogP contribution in [0.5, 0.6) is 11.7 Å². The first-order valence-electron chi connectivity index (χ1n) is 8.88. The van der Waals surface area contributed by atoms with Gasteiger partial charge in [-0.1, -0.05) is 18.2 Å². The molecule has 3 aromatic rings. The number of hydrogen-bond donors (Lipinski definition) is 2. The number of rotatable bonds is 6. The Kier molecular flexibility index (Phi) is 4.68. The summed E-state index contributed by atoms with van der Waals surface area (Å²) >= 11 is 0. The Hall–Kier alpha value is -3.06. The first-order valence-corrected chi connectivity index (χ1v) is 8.88. The molecule has 140 valence electrons. The van der Waals surface area contributed by atoms with Crippen molar-refractivity contribution in [2.24, 2.45) is 13.0 Å². The Morgan fingerprint density at radius 3 is 2.74 bits per heavy atom. The smallest absolute Gasteiger partial charge is 0.290 e. The summed E-state index contributed by atoms with van der Waals surface area (Å²) < 4.78 is 12.8. The van der Waals surface area contributed by atoms with E-state index >= 15 is 0 Å². The van der Waals surface area contributed by atoms with Crippen LogP contribution in [0.25, 0.3) is 0 Å². The van der Waals surface area contributed by atoms with Crippen molar-refractivity contribution in [1.29, 1.82) is 0 Å². The zero-order valence-corrected chi connectivity index (χ0v) is 14.9. The van der Waals surface area contributed by atoms with Crippen LogP contribution < -0.4 is 10.1 Å². The van der Waals surface area contributed by atoms with Gasteiger partial charge in [-0.25, -0.2) is 0 Å². The maximum Gasteiger partial charge on any atom is 0.290 e. The van der Waals surface area contributed by atoms with Crippen molar-refractivity contribution in [3.63, 3.8) is 0 Å². The minimum Gasteiger partial charge on any atom is -0.426 e. The summed E-state index contributed by atoms with van der Waals surface area (Å²) in [6, 6.07) is 12.2. The highest BCUT2D eigenvalue weighted by atomic mass is 16.6. The lowest BCUT2D eigenvalue weighted by Crippen LogP contribution is -2.41. The van der Waals surface area contributed by atoms with E-state index in [1.54, 1.807) is 23.0 Å². The molecule has 2 N–H and O–H groups in total. The molecule has 7 nitrogen and oxygen atoms in total. The van der Waals surface area contributed by atoms with Gasteiger partial charge in [-0.2, -0.15) is 5.10 Å². The van der Waals surface area contributed by atoms with E-state index in [0.717, 1.165) is 5.56 Å². The number of carbonyl (C=O) groups is 1. The quantitative estimate of drug-likeness (QED) is 0.699. The molecule has 0 bridgehead atoms. The highest BCUT2D eigenvalue weighted by molar-refractivity contribution is 5.91. The van der Waals surface area contributed by atoms with Crippen molar-refractivity contribution in [1.82, 2.24) is 15.1 Å². The number of ether oxygens (including phenoxy) is 1. The third kappa shape index (κ3) is 3.88. The second-order valence-electron chi connectivity index (χ2n) is 6.82. The van der Waals surface area contributed by atoms with Gasteiger partial charge in [-0.05, 0) is 37.0 Å². The van der Waals surface area contributed by atoms with E-state index in [2.05, 4.69) is 10.4 Å². The van der Waals surface area contributed by atoms with Gasteiger partial charge >= 0.3 is 0 Å². The summed E-state index contributed by atoms with van der Waals surface area (Å²) in [6.07, 6.45) is 4.62. The molecule has 1 aliphatic carbocycles. The zero-order chi connectivity index (χ0) is 18.8. The van der Waals surface area contributed by atoms with Crippen LogP contribution in [0, 0.1) is 5.92 Å². The molecule has 2 heterocycles. The van der Waals surface area contributed by atoms with Crippen molar-refractivity contribution in [3.05, 3.63) is 66.2 Å². The number of nitrogens with one attached hydrogen (secondary N) is 1. The van der Waals surface area contributed by atoms with Gasteiger partial charge < -0.3 is 19.6 Å². The van der Waals surface area contributed by atoms with Crippen LogP contribution in [0.4, 0.5) is 0 Å². The van der Waals surface area contributed by atoms with Crippen LogP contribution in [0.2, 0.25) is 0 Å². The van der Waals surface area contributed by atoms with Crippen LogP contribution >= 0.6 is 0 Å². The van der Waals surface area contributed by atoms with Crippen molar-refractivity contribution < 1.29 is 19.1 Å². The minimum absolute atomic E-state index is 0.170. The number of amides is 1. The Balaban J connectivity index is 1.46. The second kappa shape index (κ2) is 7.28. The molecule has 1 amide bonds. The third-order valence-electron chi connectivity index (χ3n) is 4.76. The molecule has 1 fully saturated rings. The monoisotopic (exact) mass is 367 g/mol. The molecule has 0 unspecified atom stereocenters. The van der Waals surface area contributed by atoms with Crippen molar-refractivity contribution in [3.8, 4) is 11.7 Å². The fourth-order valence-electron chi connectivity index (χ4n) is 3.29. The molecular formula is C20H21N3O4. The molecule has 1 aliphatic rings. The summed E-state index contributed by atoms with van der Waals surface area (Å²) in [5, 5.41) is 16.8. The lowest BCUT2D eigenvalue weighted by molar-refractivity contribution is 0.0232. The van der Waals surface area contributed by atoms with E-state index in [9.17, 15) is 9.90 Å². The predicted molar refractivity (Wildman–Crippen MR) is 97.4 cm³/mol. The summed E-state index contributed by atoms with van der Waals surface area (Å²) in [7, 11) is 1.83. The van der Waals surface area contributed by atoms with Crippen LogP contribution in [0.3, 0.4) is 0 Å². The summed E-state index contributed by atoms with van der Waals surface area (Å²) in [4.78, 5) is 12.7. The van der Waals surface area contributed by atoms with Gasteiger partial charge in [0.15, 0.2) is 5.76 Å². The number of aliphatic hydroxyl groups excluding tert-OH is 1. The van der Waals surface area contributed by atoms with Crippen LogP contribution in [0.1, 0.15) is 35.0 Å². The van der Waals surface area contributed by atoms with E-state index < -0.39 is 0 Å². The van der Waals surface area contributed by atoms with Gasteiger partial charge in [0.25, 0.3) is 11.9 Å². The largest absolute Gasteiger partial charge is 0.426 e. The first-order chi connectivity index (χ1) is 13.1. The van der Waals surface area contributed by atoms with Gasteiger partial charge in [-0.3, -0.25) is 9.48 Å². The number of hydrogen-bond acceptors (Lipinski definition) is 5. The van der Waals surface area contributed by atoms with Crippen molar-refractivity contribution in [2.75, 3.05) is 0 Å². The van der Waals surface area contributed by atoms with Gasteiger partial charge in [0, 0.05) is 24.9 Å². The number of aryl methyl sites for hydroxylation is 1. The van der Waals surface area contributed by atoms with E-state index in [-0.39, 0.29) is 35.7 Å². The maximum atomic E-state index is 12.7. The Morgan fingerprint density at radius 2 is 2.07 bits per heavy atom. The van der Waals surface area contributed by atoms with Crippen LogP contribution in [0.15, 0.2) is 59.3 Å². The molecule has 1 atom stereocenters. The Bertz CT molecular complexity index is 912. The normalized spacial score (nSPS) is 19.9. The Morgan fingerprint density at radius 1 is 1.30 bits per heavy atom. The Labute approximate surface area is 156 Å². The lowest BCUT2D eigenvalue weighted by Gasteiger charge is -2.37. The van der Waals surface area contributed by atoms with E-state index in [4.69, 9.17) is 9.15 Å². The van der Waals surface area contributed by atoms with E-state index in [1.807, 2.05) is 43.6 Å². The SMILES string of the molecule is Cn1cc([C@H](NC(=O)c2ccc(Oc3ccccc3)o2)C2CC(O)C2)cn1. The first kappa shape index (κ1) is 17.4. The van der Waals surface area contributed by atoms with Gasteiger partial charge in [0.05, 0.1) is 18.3 Å². The molecular weight excluding hydrogens is 346 g/mol. The number of para-hydroxylation sites is 1. The summed E-state index contributed by atoms with van der Waals surface area (Å²) in [5.74, 6) is 0.907. The molecule has 1 aromatic carbocycles. The third-order valence-corrected chi connectivity index (χ3v) is 4.76. The number of carbonyl (C=O) groups excluding carboxylic acids is 1. The molecule has 2 aromatic heterocycles. The van der Waals surface area contributed by atoms with Gasteiger partial charge in [-0.15, -0.1) is 0 Å². The average Bonchev–Trinajstić information content (AvgIpc) is 3.27. The van der Waals surface area contributed by atoms with E-state index in [0.29, 0.717) is 18.6 Å². The van der Waals surface area contributed by atoms with Crippen molar-refractivity contribution >= 4 is 5.91 Å².